The van der Waals surface area contributed by atoms with Crippen LogP contribution in [0.25, 0.3) is 5.69 Å². The van der Waals surface area contributed by atoms with Gasteiger partial charge in [-0.15, -0.1) is 0 Å². The molecule has 6 nitrogen and oxygen atoms in total. The van der Waals surface area contributed by atoms with E-state index < -0.39 is 0 Å². The summed E-state index contributed by atoms with van der Waals surface area (Å²) in [5.74, 6) is 0.681. The van der Waals surface area contributed by atoms with Crippen molar-refractivity contribution in [2.45, 2.75) is 32.4 Å². The normalized spacial score (nSPS) is 26.9. The molecule has 23 heavy (non-hydrogen) atoms. The Labute approximate surface area is 135 Å². The summed E-state index contributed by atoms with van der Waals surface area (Å²) in [7, 11) is 0. The molecule has 0 radical (unpaired) electrons. The zero-order valence-corrected chi connectivity index (χ0v) is 13.3. The quantitative estimate of drug-likeness (QED) is 0.778. The number of hydrogen-bond acceptors (Lipinski definition) is 4. The number of hydrazine groups is 1. The lowest BCUT2D eigenvalue weighted by Gasteiger charge is -2.33. The second kappa shape index (κ2) is 5.47. The van der Waals surface area contributed by atoms with Gasteiger partial charge in [-0.3, -0.25) is 10.2 Å². The predicted octanol–water partition coefficient (Wildman–Crippen LogP) is 1.14. The molecule has 6 heteroatoms. The third-order valence-corrected chi connectivity index (χ3v) is 4.81. The van der Waals surface area contributed by atoms with Gasteiger partial charge in [-0.25, -0.2) is 10.1 Å². The maximum atomic E-state index is 12.0. The maximum Gasteiger partial charge on any atom is 0.221 e. The summed E-state index contributed by atoms with van der Waals surface area (Å²) in [6, 6.07) is 10.5. The highest BCUT2D eigenvalue weighted by Crippen LogP contribution is 2.35. The maximum absolute atomic E-state index is 12.0. The molecule has 3 unspecified atom stereocenters. The van der Waals surface area contributed by atoms with Crippen LogP contribution in [0.2, 0.25) is 0 Å². The lowest BCUT2D eigenvalue weighted by Crippen LogP contribution is -2.52. The number of fused-ring (bicyclic) bond motifs is 1. The molecule has 3 heterocycles. The summed E-state index contributed by atoms with van der Waals surface area (Å²) in [5.41, 5.74) is 10.7. The van der Waals surface area contributed by atoms with E-state index in [4.69, 9.17) is 0 Å². The molecule has 2 aromatic rings. The van der Waals surface area contributed by atoms with Gasteiger partial charge in [0.1, 0.15) is 0 Å². The smallest absolute Gasteiger partial charge is 0.221 e. The zero-order chi connectivity index (χ0) is 16.0. The van der Waals surface area contributed by atoms with E-state index in [1.165, 1.54) is 5.56 Å². The van der Waals surface area contributed by atoms with Crippen molar-refractivity contribution in [2.24, 2.45) is 5.92 Å². The summed E-state index contributed by atoms with van der Waals surface area (Å²) in [6.45, 7) is 4.92. The fraction of sp³-hybridized carbons (Fsp3) is 0.412. The molecule has 3 N–H and O–H groups in total. The van der Waals surface area contributed by atoms with Crippen molar-refractivity contribution in [3.8, 4) is 5.69 Å². The van der Waals surface area contributed by atoms with Gasteiger partial charge in [0.15, 0.2) is 0 Å². The number of piperidine rings is 1. The highest BCUT2D eigenvalue weighted by Gasteiger charge is 2.40. The average molecular weight is 311 g/mol. The molecule has 2 fully saturated rings. The summed E-state index contributed by atoms with van der Waals surface area (Å²) in [6.07, 6.45) is 0.545. The molecule has 0 saturated carbocycles. The third kappa shape index (κ3) is 2.54. The summed E-state index contributed by atoms with van der Waals surface area (Å²) < 4.78 is 1.96. The van der Waals surface area contributed by atoms with Crippen molar-refractivity contribution in [2.75, 3.05) is 6.54 Å². The fourth-order valence-electron chi connectivity index (χ4n) is 3.76. The van der Waals surface area contributed by atoms with Crippen LogP contribution in [0, 0.1) is 19.8 Å². The van der Waals surface area contributed by atoms with Crippen LogP contribution in [-0.2, 0) is 4.79 Å². The van der Waals surface area contributed by atoms with E-state index >= 15 is 0 Å². The van der Waals surface area contributed by atoms with Gasteiger partial charge in [0.2, 0.25) is 5.91 Å². The van der Waals surface area contributed by atoms with Crippen LogP contribution in [0.15, 0.2) is 30.3 Å². The Balaban J connectivity index is 1.70. The van der Waals surface area contributed by atoms with E-state index in [0.29, 0.717) is 12.3 Å². The van der Waals surface area contributed by atoms with Crippen molar-refractivity contribution in [3.63, 3.8) is 0 Å². The summed E-state index contributed by atoms with van der Waals surface area (Å²) >= 11 is 0. The second-order valence-electron chi connectivity index (χ2n) is 6.48. The Morgan fingerprint density at radius 2 is 2.13 bits per heavy atom. The number of benzene rings is 1. The van der Waals surface area contributed by atoms with E-state index in [-0.39, 0.29) is 18.0 Å². The minimum absolute atomic E-state index is 0.0126. The molecule has 3 atom stereocenters. The van der Waals surface area contributed by atoms with Gasteiger partial charge in [-0.2, -0.15) is 5.10 Å². The monoisotopic (exact) mass is 311 g/mol. The molecule has 0 spiro atoms. The molecule has 1 amide bonds. The fourth-order valence-corrected chi connectivity index (χ4v) is 3.76. The zero-order valence-electron chi connectivity index (χ0n) is 13.3. The summed E-state index contributed by atoms with van der Waals surface area (Å²) in [4.78, 5) is 12.0. The van der Waals surface area contributed by atoms with Gasteiger partial charge in [0.05, 0.1) is 17.5 Å². The molecule has 1 aromatic carbocycles. The Morgan fingerprint density at radius 1 is 1.26 bits per heavy atom. The molecular formula is C17H21N5O. The van der Waals surface area contributed by atoms with Crippen molar-refractivity contribution < 1.29 is 4.79 Å². The van der Waals surface area contributed by atoms with Crippen molar-refractivity contribution >= 4 is 5.91 Å². The van der Waals surface area contributed by atoms with E-state index in [1.807, 2.05) is 11.6 Å². The molecule has 0 aliphatic carbocycles. The van der Waals surface area contributed by atoms with Gasteiger partial charge in [-0.05, 0) is 37.6 Å². The van der Waals surface area contributed by atoms with Gasteiger partial charge in [-0.1, -0.05) is 12.1 Å². The predicted molar refractivity (Wildman–Crippen MR) is 87.0 cm³/mol. The van der Waals surface area contributed by atoms with Crippen LogP contribution in [0.1, 0.15) is 29.3 Å². The van der Waals surface area contributed by atoms with Gasteiger partial charge in [0, 0.05) is 30.5 Å². The van der Waals surface area contributed by atoms with E-state index in [1.54, 1.807) is 0 Å². The minimum atomic E-state index is 0.0126. The van der Waals surface area contributed by atoms with Crippen LogP contribution in [0.3, 0.4) is 0 Å². The van der Waals surface area contributed by atoms with Crippen LogP contribution in [0.4, 0.5) is 0 Å². The van der Waals surface area contributed by atoms with Gasteiger partial charge < -0.3 is 5.32 Å². The Hall–Kier alpha value is -2.18. The molecule has 2 saturated heterocycles. The topological polar surface area (TPSA) is 71.0 Å². The number of carbonyl (C=O) groups is 1. The van der Waals surface area contributed by atoms with Crippen molar-refractivity contribution in [3.05, 3.63) is 47.3 Å². The summed E-state index contributed by atoms with van der Waals surface area (Å²) in [5, 5.41) is 7.57. The Kier molecular flexibility index (Phi) is 3.43. The van der Waals surface area contributed by atoms with Crippen molar-refractivity contribution in [1.29, 1.82) is 0 Å². The highest BCUT2D eigenvalue weighted by molar-refractivity contribution is 5.78. The van der Waals surface area contributed by atoms with E-state index in [2.05, 4.69) is 58.5 Å². The number of nitrogens with one attached hydrogen (secondary N) is 3. The number of hydrogen-bond donors (Lipinski definition) is 3. The largest absolute Gasteiger partial charge is 0.339 e. The van der Waals surface area contributed by atoms with E-state index in [9.17, 15) is 4.79 Å². The van der Waals surface area contributed by atoms with E-state index in [0.717, 1.165) is 23.6 Å². The molecule has 2 aliphatic heterocycles. The first-order valence-electron chi connectivity index (χ1n) is 8.03. The minimum Gasteiger partial charge on any atom is -0.339 e. The molecule has 0 bridgehead atoms. The standard InChI is InChI=1S/C17H21N5O/c1-10-6-11(2)22(21-10)13-5-3-4-12(7-13)14-8-16(23)19-17-15(14)9-18-20-17/h3-7,14-15,17-18,20H,8-9H2,1-2H3,(H,19,23). The lowest BCUT2D eigenvalue weighted by atomic mass is 9.79. The highest BCUT2D eigenvalue weighted by atomic mass is 16.2. The molecule has 120 valence electrons. The first kappa shape index (κ1) is 14.4. The lowest BCUT2D eigenvalue weighted by molar-refractivity contribution is -0.124. The Morgan fingerprint density at radius 3 is 2.91 bits per heavy atom. The number of aromatic nitrogens is 2. The van der Waals surface area contributed by atoms with Gasteiger partial charge >= 0.3 is 0 Å². The first-order chi connectivity index (χ1) is 11.1. The number of aryl methyl sites for hydroxylation is 2. The number of nitrogens with zero attached hydrogens (tertiary/aromatic N) is 2. The molecule has 4 rings (SSSR count). The van der Waals surface area contributed by atoms with Crippen LogP contribution in [0.5, 0.6) is 0 Å². The SMILES string of the molecule is Cc1cc(C)n(-c2cccc(C3CC(=O)NC4NNCC43)c2)n1. The third-order valence-electron chi connectivity index (χ3n) is 4.81. The number of amides is 1. The molecule has 2 aliphatic rings. The van der Waals surface area contributed by atoms with Gasteiger partial charge in [0.25, 0.3) is 0 Å². The van der Waals surface area contributed by atoms with Crippen LogP contribution < -0.4 is 16.2 Å². The average Bonchev–Trinajstić information content (AvgIpc) is 3.12. The van der Waals surface area contributed by atoms with Crippen molar-refractivity contribution in [1.82, 2.24) is 25.9 Å². The van der Waals surface area contributed by atoms with Crippen LogP contribution in [-0.4, -0.2) is 28.4 Å². The first-order valence-corrected chi connectivity index (χ1v) is 8.03. The number of rotatable bonds is 2. The van der Waals surface area contributed by atoms with Crippen LogP contribution >= 0.6 is 0 Å². The second-order valence-corrected chi connectivity index (χ2v) is 6.48. The Bertz CT molecular complexity index is 753. The molecular weight excluding hydrogens is 290 g/mol. The number of carbonyl (C=O) groups excluding carboxylic acids is 1. The molecule has 1 aromatic heterocycles.